The maximum Gasteiger partial charge on any atom is 0.412 e. The first-order valence-electron chi connectivity index (χ1n) is 5.85. The first-order valence-corrected chi connectivity index (χ1v) is 6.23. The summed E-state index contributed by atoms with van der Waals surface area (Å²) in [6, 6.07) is 2.84. The summed E-state index contributed by atoms with van der Waals surface area (Å²) in [4.78, 5) is 11.6. The van der Waals surface area contributed by atoms with Crippen LogP contribution in [-0.2, 0) is 10.3 Å². The van der Waals surface area contributed by atoms with Crippen molar-refractivity contribution in [2.24, 2.45) is 0 Å². The van der Waals surface area contributed by atoms with E-state index in [9.17, 15) is 13.6 Å². The molecule has 102 valence electrons. The Balaban J connectivity index is 2.17. The van der Waals surface area contributed by atoms with Crippen molar-refractivity contribution in [3.8, 4) is 0 Å². The van der Waals surface area contributed by atoms with Gasteiger partial charge in [0.2, 0.25) is 0 Å². The molecule has 7 heteroatoms. The predicted octanol–water partition coefficient (Wildman–Crippen LogP) is 2.57. The lowest BCUT2D eigenvalue weighted by atomic mass is 9.83. The fraction of sp³-hybridized carbons (Fsp3) is 0.417. The van der Waals surface area contributed by atoms with Gasteiger partial charge in [0.15, 0.2) is 11.4 Å². The quantitative estimate of drug-likeness (QED) is 0.771. The minimum atomic E-state index is -1.34. The van der Waals surface area contributed by atoms with Crippen molar-refractivity contribution < 1.29 is 18.3 Å². The molecule has 0 saturated carbocycles. The van der Waals surface area contributed by atoms with Gasteiger partial charge in [-0.1, -0.05) is 11.6 Å². The highest BCUT2D eigenvalue weighted by Crippen LogP contribution is 2.44. The fourth-order valence-electron chi connectivity index (χ4n) is 2.67. The summed E-state index contributed by atoms with van der Waals surface area (Å²) in [5.41, 5.74) is -0.965. The second-order valence-electron chi connectivity index (χ2n) is 4.73. The number of benzene rings is 1. The van der Waals surface area contributed by atoms with Crippen LogP contribution in [0, 0.1) is 5.82 Å². The largest absolute Gasteiger partial charge is 0.436 e. The number of fused-ring (bicyclic) bond motifs is 2. The zero-order valence-electron chi connectivity index (χ0n) is 9.80. The molecule has 0 aromatic heterocycles. The maximum absolute atomic E-state index is 14.3. The number of ether oxygens (including phenoxy) is 1. The molecule has 3 rings (SSSR count). The molecule has 2 atom stereocenters. The minimum absolute atomic E-state index is 0.0844. The number of hydrogen-bond donors (Lipinski definition) is 2. The molecule has 1 fully saturated rings. The van der Waals surface area contributed by atoms with Crippen LogP contribution in [0.15, 0.2) is 12.1 Å². The monoisotopic (exact) mass is 288 g/mol. The lowest BCUT2D eigenvalue weighted by Crippen LogP contribution is -2.54. The SMILES string of the molecule is O=C1Nc2ccc(Cl)c(F)c2C2(CNCC(F)C2)O1. The molecule has 2 heterocycles. The van der Waals surface area contributed by atoms with Crippen molar-refractivity contribution in [2.75, 3.05) is 18.4 Å². The summed E-state index contributed by atoms with van der Waals surface area (Å²) in [6.07, 6.45) is -2.02. The average Bonchev–Trinajstić information content (AvgIpc) is 2.33. The number of carbonyl (C=O) groups excluding carboxylic acids is 1. The Morgan fingerprint density at radius 1 is 1.47 bits per heavy atom. The summed E-state index contributed by atoms with van der Waals surface area (Å²) >= 11 is 5.76. The maximum atomic E-state index is 14.3. The molecule has 1 amide bonds. The van der Waals surface area contributed by atoms with Gasteiger partial charge in [-0.15, -0.1) is 0 Å². The Bertz CT molecular complexity index is 555. The van der Waals surface area contributed by atoms with Crippen molar-refractivity contribution in [2.45, 2.75) is 18.2 Å². The third-order valence-corrected chi connectivity index (χ3v) is 3.69. The van der Waals surface area contributed by atoms with Gasteiger partial charge >= 0.3 is 6.09 Å². The van der Waals surface area contributed by atoms with E-state index in [1.165, 1.54) is 12.1 Å². The van der Waals surface area contributed by atoms with Crippen molar-refractivity contribution in [1.29, 1.82) is 0 Å². The minimum Gasteiger partial charge on any atom is -0.436 e. The highest BCUT2D eigenvalue weighted by Gasteiger charge is 2.48. The van der Waals surface area contributed by atoms with E-state index in [0.29, 0.717) is 0 Å². The van der Waals surface area contributed by atoms with Crippen molar-refractivity contribution in [3.05, 3.63) is 28.5 Å². The van der Waals surface area contributed by atoms with Gasteiger partial charge in [0.1, 0.15) is 6.17 Å². The molecule has 2 N–H and O–H groups in total. The van der Waals surface area contributed by atoms with E-state index in [-0.39, 0.29) is 35.8 Å². The van der Waals surface area contributed by atoms with Crippen molar-refractivity contribution in [1.82, 2.24) is 5.32 Å². The van der Waals surface area contributed by atoms with Crippen LogP contribution < -0.4 is 10.6 Å². The first kappa shape index (κ1) is 12.6. The molecule has 0 radical (unpaired) electrons. The normalized spacial score (nSPS) is 29.6. The first-order chi connectivity index (χ1) is 9.02. The van der Waals surface area contributed by atoms with Crippen LogP contribution in [0.3, 0.4) is 0 Å². The molecular weight excluding hydrogens is 278 g/mol. The molecule has 1 spiro atoms. The molecule has 2 aliphatic rings. The van der Waals surface area contributed by atoms with Crippen molar-refractivity contribution in [3.63, 3.8) is 0 Å². The highest BCUT2D eigenvalue weighted by atomic mass is 35.5. The van der Waals surface area contributed by atoms with Crippen LogP contribution in [0.25, 0.3) is 0 Å². The van der Waals surface area contributed by atoms with Gasteiger partial charge < -0.3 is 10.1 Å². The molecular formula is C12H11ClF2N2O2. The van der Waals surface area contributed by atoms with Crippen LogP contribution >= 0.6 is 11.6 Å². The number of anilines is 1. The number of halogens is 3. The number of alkyl halides is 1. The average molecular weight is 289 g/mol. The van der Waals surface area contributed by atoms with Crippen LogP contribution in [0.5, 0.6) is 0 Å². The lowest BCUT2D eigenvalue weighted by molar-refractivity contribution is -0.0310. The number of amides is 1. The van der Waals surface area contributed by atoms with E-state index in [4.69, 9.17) is 16.3 Å². The molecule has 0 aliphatic carbocycles. The second kappa shape index (κ2) is 4.31. The standard InChI is InChI=1S/C12H11ClF2N2O2/c13-7-1-2-8-9(10(7)15)12(19-11(18)17-8)3-6(14)4-16-5-12/h1-2,6,16H,3-5H2,(H,17,18). The molecule has 0 bridgehead atoms. The Morgan fingerprint density at radius 2 is 2.26 bits per heavy atom. The number of hydrogen-bond acceptors (Lipinski definition) is 3. The van der Waals surface area contributed by atoms with Gasteiger partial charge in [-0.05, 0) is 12.1 Å². The highest BCUT2D eigenvalue weighted by molar-refractivity contribution is 6.31. The van der Waals surface area contributed by atoms with Gasteiger partial charge in [0, 0.05) is 19.5 Å². The number of nitrogens with one attached hydrogen (secondary N) is 2. The lowest BCUT2D eigenvalue weighted by Gasteiger charge is -2.42. The van der Waals surface area contributed by atoms with Crippen LogP contribution in [-0.4, -0.2) is 25.4 Å². The van der Waals surface area contributed by atoms with Crippen LogP contribution in [0.1, 0.15) is 12.0 Å². The molecule has 1 aromatic rings. The van der Waals surface area contributed by atoms with E-state index in [2.05, 4.69) is 10.6 Å². The Kier molecular flexibility index (Phi) is 2.87. The second-order valence-corrected chi connectivity index (χ2v) is 5.13. The Hall–Kier alpha value is -1.40. The number of piperidine rings is 1. The van der Waals surface area contributed by atoms with E-state index >= 15 is 0 Å². The molecule has 1 aromatic carbocycles. The number of carbonyl (C=O) groups is 1. The molecule has 4 nitrogen and oxygen atoms in total. The van der Waals surface area contributed by atoms with Crippen LogP contribution in [0.4, 0.5) is 19.3 Å². The molecule has 2 unspecified atom stereocenters. The van der Waals surface area contributed by atoms with Gasteiger partial charge in [-0.25, -0.2) is 13.6 Å². The van der Waals surface area contributed by atoms with Gasteiger partial charge in [0.25, 0.3) is 0 Å². The Labute approximate surface area is 113 Å². The van der Waals surface area contributed by atoms with E-state index in [0.717, 1.165) is 0 Å². The summed E-state index contributed by atoms with van der Waals surface area (Å²) < 4.78 is 33.1. The predicted molar refractivity (Wildman–Crippen MR) is 65.6 cm³/mol. The summed E-state index contributed by atoms with van der Waals surface area (Å²) in [5.74, 6) is -0.685. The topological polar surface area (TPSA) is 50.4 Å². The van der Waals surface area contributed by atoms with E-state index < -0.39 is 23.7 Å². The zero-order valence-corrected chi connectivity index (χ0v) is 10.6. The van der Waals surface area contributed by atoms with Gasteiger partial charge in [-0.2, -0.15) is 0 Å². The van der Waals surface area contributed by atoms with Crippen molar-refractivity contribution >= 4 is 23.4 Å². The molecule has 2 aliphatic heterocycles. The zero-order chi connectivity index (χ0) is 13.6. The van der Waals surface area contributed by atoms with Crippen LogP contribution in [0.2, 0.25) is 5.02 Å². The Morgan fingerprint density at radius 3 is 3.00 bits per heavy atom. The third-order valence-electron chi connectivity index (χ3n) is 3.40. The van der Waals surface area contributed by atoms with Gasteiger partial charge in [-0.3, -0.25) is 5.32 Å². The summed E-state index contributed by atoms with van der Waals surface area (Å²) in [7, 11) is 0. The number of rotatable bonds is 0. The smallest absolute Gasteiger partial charge is 0.412 e. The van der Waals surface area contributed by atoms with E-state index in [1.807, 2.05) is 0 Å². The summed E-state index contributed by atoms with van der Waals surface area (Å²) in [5, 5.41) is 5.13. The van der Waals surface area contributed by atoms with Gasteiger partial charge in [0.05, 0.1) is 16.3 Å². The third kappa shape index (κ3) is 1.95. The molecule has 19 heavy (non-hydrogen) atoms. The van der Waals surface area contributed by atoms with E-state index in [1.54, 1.807) is 0 Å². The fourth-order valence-corrected chi connectivity index (χ4v) is 2.82. The summed E-state index contributed by atoms with van der Waals surface area (Å²) in [6.45, 7) is 0.315. The molecule has 1 saturated heterocycles.